The summed E-state index contributed by atoms with van der Waals surface area (Å²) in [4.78, 5) is 0. The zero-order valence-corrected chi connectivity index (χ0v) is 11.4. The maximum atomic E-state index is 5.96. The van der Waals surface area contributed by atoms with Gasteiger partial charge in [0.05, 0.1) is 14.2 Å². The number of alkyl halides is 1. The largest absolute Gasteiger partial charge is 0.382 e. The summed E-state index contributed by atoms with van der Waals surface area (Å²) in [7, 11) is -1.04. The van der Waals surface area contributed by atoms with E-state index in [1.807, 2.05) is 0 Å². The molecule has 1 rings (SSSR count). The predicted molar refractivity (Wildman–Crippen MR) is 64.3 cm³/mol. The third kappa shape index (κ3) is 4.61. The van der Waals surface area contributed by atoms with Crippen molar-refractivity contribution in [3.8, 4) is 0 Å². The van der Waals surface area contributed by atoms with Crippen molar-refractivity contribution in [1.82, 2.24) is 0 Å². The van der Waals surface area contributed by atoms with Gasteiger partial charge in [-0.2, -0.15) is 0 Å². The van der Waals surface area contributed by atoms with Gasteiger partial charge in [0.2, 0.25) is 0 Å². The first kappa shape index (κ1) is 11.7. The Balaban J connectivity index is 2.15. The van der Waals surface area contributed by atoms with Gasteiger partial charge < -0.3 is 4.74 Å². The lowest BCUT2D eigenvalue weighted by Gasteiger charge is -2.23. The molecule has 13 heavy (non-hydrogen) atoms. The fourth-order valence-electron chi connectivity index (χ4n) is 1.73. The predicted octanol–water partition coefficient (Wildman–Crippen LogP) is 3.59. The van der Waals surface area contributed by atoms with Crippen LogP contribution in [0.2, 0.25) is 19.1 Å². The molecule has 1 saturated carbocycles. The highest BCUT2D eigenvalue weighted by Crippen LogP contribution is 2.22. The molecule has 0 atom stereocenters. The topological polar surface area (TPSA) is 9.23 Å². The number of hydrogen-bond donors (Lipinski definition) is 0. The van der Waals surface area contributed by atoms with Crippen LogP contribution in [0, 0.1) is 0 Å². The van der Waals surface area contributed by atoms with Gasteiger partial charge in [-0.25, -0.2) is 0 Å². The average molecular weight is 265 g/mol. The van der Waals surface area contributed by atoms with Crippen LogP contribution in [0.15, 0.2) is 0 Å². The maximum absolute atomic E-state index is 5.96. The van der Waals surface area contributed by atoms with E-state index in [1.54, 1.807) is 0 Å². The van der Waals surface area contributed by atoms with Crippen LogP contribution < -0.4 is 0 Å². The van der Waals surface area contributed by atoms with Gasteiger partial charge in [-0.05, 0) is 18.9 Å². The average Bonchev–Trinajstić information content (AvgIpc) is 2.52. The summed E-state index contributed by atoms with van der Waals surface area (Å²) in [6, 6.07) is 1.33. The van der Waals surface area contributed by atoms with Crippen molar-refractivity contribution < 1.29 is 4.74 Å². The van der Waals surface area contributed by atoms with Gasteiger partial charge in [0.25, 0.3) is 0 Å². The summed E-state index contributed by atoms with van der Waals surface area (Å²) < 4.78 is 5.96. The monoisotopic (exact) mass is 264 g/mol. The SMILES string of the molecule is C[Si](C)(CCBr)COC1CCCC1. The number of rotatable bonds is 5. The van der Waals surface area contributed by atoms with Gasteiger partial charge in [-0.3, -0.25) is 0 Å². The summed E-state index contributed by atoms with van der Waals surface area (Å²) >= 11 is 3.52. The lowest BCUT2D eigenvalue weighted by atomic mass is 10.3. The van der Waals surface area contributed by atoms with Crippen LogP contribution in [0.4, 0.5) is 0 Å². The minimum absolute atomic E-state index is 0.599. The van der Waals surface area contributed by atoms with Crippen molar-refractivity contribution in [2.75, 3.05) is 11.6 Å². The van der Waals surface area contributed by atoms with E-state index in [2.05, 4.69) is 29.0 Å². The highest BCUT2D eigenvalue weighted by Gasteiger charge is 2.23. The molecule has 0 aliphatic heterocycles. The smallest absolute Gasteiger partial charge is 0.0784 e. The second kappa shape index (κ2) is 5.52. The Bertz CT molecular complexity index is 144. The molecule has 0 N–H and O–H groups in total. The fraction of sp³-hybridized carbons (Fsp3) is 1.00. The van der Waals surface area contributed by atoms with Crippen LogP contribution in [0.25, 0.3) is 0 Å². The molecule has 1 aliphatic rings. The van der Waals surface area contributed by atoms with Crippen LogP contribution in [0.1, 0.15) is 25.7 Å². The number of ether oxygens (including phenoxy) is 1. The highest BCUT2D eigenvalue weighted by atomic mass is 79.9. The molecule has 1 aliphatic carbocycles. The van der Waals surface area contributed by atoms with E-state index in [-0.39, 0.29) is 0 Å². The Morgan fingerprint density at radius 2 is 1.92 bits per heavy atom. The van der Waals surface area contributed by atoms with Gasteiger partial charge in [-0.1, -0.05) is 41.9 Å². The summed E-state index contributed by atoms with van der Waals surface area (Å²) in [5.74, 6) is 0. The van der Waals surface area contributed by atoms with Crippen molar-refractivity contribution in [2.45, 2.75) is 50.9 Å². The molecule has 1 fully saturated rings. The van der Waals surface area contributed by atoms with Crippen LogP contribution in [-0.2, 0) is 4.74 Å². The molecular formula is C10H21BrOSi. The highest BCUT2D eigenvalue weighted by molar-refractivity contribution is 9.09. The Hall–Kier alpha value is 0.657. The molecule has 3 heteroatoms. The van der Waals surface area contributed by atoms with Crippen molar-refractivity contribution in [1.29, 1.82) is 0 Å². The van der Waals surface area contributed by atoms with E-state index in [9.17, 15) is 0 Å². The van der Waals surface area contributed by atoms with Crippen LogP contribution >= 0.6 is 15.9 Å². The lowest BCUT2D eigenvalue weighted by Crippen LogP contribution is -2.34. The first-order valence-electron chi connectivity index (χ1n) is 5.32. The third-order valence-corrected chi connectivity index (χ3v) is 6.46. The van der Waals surface area contributed by atoms with Crippen molar-refractivity contribution in [3.63, 3.8) is 0 Å². The molecule has 0 saturated heterocycles. The zero-order chi connectivity index (χ0) is 9.73. The maximum Gasteiger partial charge on any atom is 0.0784 e. The first-order chi connectivity index (χ1) is 6.14. The van der Waals surface area contributed by atoms with Gasteiger partial charge in [0.15, 0.2) is 0 Å². The van der Waals surface area contributed by atoms with Crippen LogP contribution in [-0.4, -0.2) is 25.7 Å². The minimum Gasteiger partial charge on any atom is -0.382 e. The summed E-state index contributed by atoms with van der Waals surface area (Å²) in [6.07, 6.45) is 7.03. The lowest BCUT2D eigenvalue weighted by molar-refractivity contribution is 0.0882. The van der Waals surface area contributed by atoms with Crippen LogP contribution in [0.3, 0.4) is 0 Å². The van der Waals surface area contributed by atoms with Crippen molar-refractivity contribution in [3.05, 3.63) is 0 Å². The molecule has 0 amide bonds. The minimum atomic E-state index is -1.04. The van der Waals surface area contributed by atoms with Gasteiger partial charge in [-0.15, -0.1) is 0 Å². The second-order valence-corrected chi connectivity index (χ2v) is 10.7. The fourth-order valence-corrected chi connectivity index (χ4v) is 6.29. The quantitative estimate of drug-likeness (QED) is 0.545. The van der Waals surface area contributed by atoms with Crippen LogP contribution in [0.5, 0.6) is 0 Å². The van der Waals surface area contributed by atoms with Gasteiger partial charge >= 0.3 is 0 Å². The molecule has 0 heterocycles. The van der Waals surface area contributed by atoms with E-state index >= 15 is 0 Å². The second-order valence-electron chi connectivity index (χ2n) is 4.82. The standard InChI is InChI=1S/C10H21BrOSi/c1-13(2,8-7-11)9-12-10-5-3-4-6-10/h10H,3-9H2,1-2H3. The number of hydrogen-bond acceptors (Lipinski definition) is 1. The van der Waals surface area contributed by atoms with Crippen molar-refractivity contribution >= 4 is 24.0 Å². The van der Waals surface area contributed by atoms with E-state index in [0.29, 0.717) is 6.10 Å². The van der Waals surface area contributed by atoms with E-state index in [1.165, 1.54) is 31.7 Å². The summed E-state index contributed by atoms with van der Waals surface area (Å²) in [5, 5.41) is 1.14. The number of halogens is 1. The Kier molecular flexibility index (Phi) is 4.98. The molecule has 0 radical (unpaired) electrons. The molecule has 78 valence electrons. The van der Waals surface area contributed by atoms with E-state index < -0.39 is 8.07 Å². The zero-order valence-electron chi connectivity index (χ0n) is 8.81. The first-order valence-corrected chi connectivity index (χ1v) is 9.85. The summed E-state index contributed by atoms with van der Waals surface area (Å²) in [6.45, 7) is 4.84. The molecule has 0 aromatic carbocycles. The molecule has 0 aromatic rings. The Morgan fingerprint density at radius 1 is 1.31 bits per heavy atom. The normalized spacial score (nSPS) is 19.6. The van der Waals surface area contributed by atoms with Gasteiger partial charge in [0, 0.05) is 11.6 Å². The molecule has 1 nitrogen and oxygen atoms in total. The van der Waals surface area contributed by atoms with Crippen molar-refractivity contribution in [2.24, 2.45) is 0 Å². The third-order valence-electron chi connectivity index (χ3n) is 2.78. The Labute approximate surface area is 91.4 Å². The molecule has 0 unspecified atom stereocenters. The molecule has 0 bridgehead atoms. The van der Waals surface area contributed by atoms with E-state index in [4.69, 9.17) is 4.74 Å². The molecular weight excluding hydrogens is 244 g/mol. The van der Waals surface area contributed by atoms with Gasteiger partial charge in [0.1, 0.15) is 0 Å². The summed E-state index contributed by atoms with van der Waals surface area (Å²) in [5.41, 5.74) is 0. The molecule has 0 spiro atoms. The van der Waals surface area contributed by atoms with E-state index in [0.717, 1.165) is 11.6 Å². The molecule has 0 aromatic heterocycles. The Morgan fingerprint density at radius 3 is 2.46 bits per heavy atom.